The summed E-state index contributed by atoms with van der Waals surface area (Å²) >= 11 is 11.6. The second-order valence-electron chi connectivity index (χ2n) is 4.95. The molecule has 6 nitrogen and oxygen atoms in total. The first-order chi connectivity index (χ1) is 11.4. The largest absolute Gasteiger partial charge is 0.484 e. The van der Waals surface area contributed by atoms with Crippen molar-refractivity contribution in [2.75, 3.05) is 13.2 Å². The zero-order valence-corrected chi connectivity index (χ0v) is 13.5. The van der Waals surface area contributed by atoms with Crippen molar-refractivity contribution in [1.82, 2.24) is 0 Å². The highest BCUT2D eigenvalue weighted by atomic mass is 35.5. The van der Waals surface area contributed by atoms with Gasteiger partial charge in [0.1, 0.15) is 18.5 Å². The summed E-state index contributed by atoms with van der Waals surface area (Å²) in [6, 6.07) is 6.21. The van der Waals surface area contributed by atoms with Crippen molar-refractivity contribution >= 4 is 28.9 Å². The van der Waals surface area contributed by atoms with Crippen LogP contribution in [0.2, 0.25) is 10.0 Å². The fourth-order valence-corrected chi connectivity index (χ4v) is 2.42. The molecule has 3 rings (SSSR count). The van der Waals surface area contributed by atoms with Crippen LogP contribution >= 0.6 is 23.2 Å². The molecule has 1 fully saturated rings. The maximum absolute atomic E-state index is 13.9. The van der Waals surface area contributed by atoms with Gasteiger partial charge in [0.05, 0.1) is 16.6 Å². The predicted octanol–water partition coefficient (Wildman–Crippen LogP) is 4.61. The number of halogens is 3. The molecule has 0 N–H and O–H groups in total. The van der Waals surface area contributed by atoms with Crippen molar-refractivity contribution in [3.63, 3.8) is 0 Å². The number of hydrogen-bond acceptors (Lipinski definition) is 5. The van der Waals surface area contributed by atoms with E-state index in [9.17, 15) is 14.5 Å². The molecule has 9 heteroatoms. The highest BCUT2D eigenvalue weighted by Crippen LogP contribution is 2.38. The number of rotatable bonds is 6. The van der Waals surface area contributed by atoms with E-state index in [2.05, 4.69) is 0 Å². The molecule has 0 spiro atoms. The average molecular weight is 374 g/mol. The van der Waals surface area contributed by atoms with E-state index in [0.29, 0.717) is 6.61 Å². The summed E-state index contributed by atoms with van der Waals surface area (Å²) in [5.41, 5.74) is -0.231. The quantitative estimate of drug-likeness (QED) is 0.419. The monoisotopic (exact) mass is 373 g/mol. The molecule has 1 aliphatic heterocycles. The van der Waals surface area contributed by atoms with E-state index in [1.807, 2.05) is 0 Å². The Morgan fingerprint density at radius 1 is 1.33 bits per heavy atom. The third-order valence-corrected chi connectivity index (χ3v) is 3.64. The summed E-state index contributed by atoms with van der Waals surface area (Å²) in [5.74, 6) is -0.847. The lowest BCUT2D eigenvalue weighted by atomic mass is 10.2. The summed E-state index contributed by atoms with van der Waals surface area (Å²) in [6.07, 6.45) is -0.0719. The standard InChI is InChI=1S/C15H10Cl2FNO5/c16-8-3-11(17)15(12(18)4-8)24-9-1-2-13(19(20)21)14(5-9)23-7-10-6-22-10/h1-5,10H,6-7H2. The molecule has 0 amide bonds. The number of nitro benzene ring substituents is 1. The fourth-order valence-electron chi connectivity index (χ4n) is 1.92. The zero-order chi connectivity index (χ0) is 17.3. The molecule has 2 aromatic carbocycles. The van der Waals surface area contributed by atoms with Gasteiger partial charge in [0.25, 0.3) is 0 Å². The molecule has 1 saturated heterocycles. The normalized spacial score (nSPS) is 15.9. The van der Waals surface area contributed by atoms with Crippen LogP contribution in [0, 0.1) is 15.9 Å². The van der Waals surface area contributed by atoms with E-state index in [1.165, 1.54) is 24.3 Å². The van der Waals surface area contributed by atoms with Gasteiger partial charge >= 0.3 is 5.69 Å². The predicted molar refractivity (Wildman–Crippen MR) is 84.8 cm³/mol. The molecule has 1 unspecified atom stereocenters. The first-order valence-electron chi connectivity index (χ1n) is 6.79. The summed E-state index contributed by atoms with van der Waals surface area (Å²) in [6.45, 7) is 0.732. The topological polar surface area (TPSA) is 74.1 Å². The Morgan fingerprint density at radius 3 is 2.71 bits per heavy atom. The number of ether oxygens (including phenoxy) is 3. The lowest BCUT2D eigenvalue weighted by molar-refractivity contribution is -0.385. The Labute approximate surface area is 145 Å². The molecule has 1 aliphatic rings. The Morgan fingerprint density at radius 2 is 2.08 bits per heavy atom. The van der Waals surface area contributed by atoms with Crippen LogP contribution in [0.5, 0.6) is 17.2 Å². The summed E-state index contributed by atoms with van der Waals surface area (Å²) in [7, 11) is 0. The van der Waals surface area contributed by atoms with E-state index >= 15 is 0 Å². The van der Waals surface area contributed by atoms with Gasteiger partial charge in [-0.1, -0.05) is 23.2 Å². The molecular formula is C15H10Cl2FNO5. The molecular weight excluding hydrogens is 364 g/mol. The van der Waals surface area contributed by atoms with Crippen molar-refractivity contribution in [1.29, 1.82) is 0 Å². The first kappa shape index (κ1) is 16.8. The Balaban J connectivity index is 1.88. The molecule has 24 heavy (non-hydrogen) atoms. The molecule has 2 aromatic rings. The minimum atomic E-state index is -0.750. The number of benzene rings is 2. The van der Waals surface area contributed by atoms with Gasteiger partial charge in [-0.25, -0.2) is 4.39 Å². The molecule has 126 valence electrons. The molecule has 0 radical (unpaired) electrons. The smallest absolute Gasteiger partial charge is 0.311 e. The van der Waals surface area contributed by atoms with Crippen LogP contribution in [0.1, 0.15) is 0 Å². The molecule has 0 aliphatic carbocycles. The van der Waals surface area contributed by atoms with Crippen molar-refractivity contribution in [2.45, 2.75) is 6.10 Å². The highest BCUT2D eigenvalue weighted by Gasteiger charge is 2.25. The van der Waals surface area contributed by atoms with Gasteiger partial charge in [-0.05, 0) is 18.2 Å². The minimum Gasteiger partial charge on any atom is -0.484 e. The van der Waals surface area contributed by atoms with Crippen LogP contribution in [-0.2, 0) is 4.74 Å². The average Bonchev–Trinajstić information content (AvgIpc) is 3.33. The van der Waals surface area contributed by atoms with Gasteiger partial charge in [-0.3, -0.25) is 10.1 Å². The maximum Gasteiger partial charge on any atom is 0.311 e. The van der Waals surface area contributed by atoms with Gasteiger partial charge in [0, 0.05) is 17.2 Å². The van der Waals surface area contributed by atoms with E-state index in [1.54, 1.807) is 0 Å². The van der Waals surface area contributed by atoms with E-state index < -0.39 is 10.7 Å². The maximum atomic E-state index is 13.9. The van der Waals surface area contributed by atoms with Crippen LogP contribution in [0.4, 0.5) is 10.1 Å². The first-order valence-corrected chi connectivity index (χ1v) is 7.55. The molecule has 1 atom stereocenters. The molecule has 0 aromatic heterocycles. The highest BCUT2D eigenvalue weighted by molar-refractivity contribution is 6.35. The van der Waals surface area contributed by atoms with Crippen LogP contribution in [0.15, 0.2) is 30.3 Å². The van der Waals surface area contributed by atoms with Crippen molar-refractivity contribution in [3.8, 4) is 17.2 Å². The molecule has 1 heterocycles. The lowest BCUT2D eigenvalue weighted by Crippen LogP contribution is -2.06. The van der Waals surface area contributed by atoms with Crippen molar-refractivity contribution in [3.05, 3.63) is 56.3 Å². The van der Waals surface area contributed by atoms with E-state index in [-0.39, 0.29) is 45.7 Å². The SMILES string of the molecule is O=[N+]([O-])c1ccc(Oc2c(F)cc(Cl)cc2Cl)cc1OCC1CO1. The van der Waals surface area contributed by atoms with E-state index in [0.717, 1.165) is 6.07 Å². The van der Waals surface area contributed by atoms with Crippen LogP contribution in [-0.4, -0.2) is 24.2 Å². The minimum absolute atomic E-state index is 0.00139. The van der Waals surface area contributed by atoms with Gasteiger partial charge in [0.2, 0.25) is 5.75 Å². The summed E-state index contributed by atoms with van der Waals surface area (Å²) in [5, 5.41) is 11.2. The zero-order valence-electron chi connectivity index (χ0n) is 12.0. The van der Waals surface area contributed by atoms with Gasteiger partial charge in [-0.2, -0.15) is 0 Å². The van der Waals surface area contributed by atoms with Crippen LogP contribution in [0.3, 0.4) is 0 Å². The Hall–Kier alpha value is -2.09. The van der Waals surface area contributed by atoms with Crippen LogP contribution < -0.4 is 9.47 Å². The summed E-state index contributed by atoms with van der Waals surface area (Å²) in [4.78, 5) is 10.5. The Kier molecular flexibility index (Phi) is 4.75. The van der Waals surface area contributed by atoms with Gasteiger partial charge in [-0.15, -0.1) is 0 Å². The van der Waals surface area contributed by atoms with Crippen molar-refractivity contribution < 1.29 is 23.5 Å². The second kappa shape index (κ2) is 6.80. The third kappa shape index (κ3) is 3.87. The Bertz CT molecular complexity index is 774. The second-order valence-corrected chi connectivity index (χ2v) is 5.80. The lowest BCUT2D eigenvalue weighted by Gasteiger charge is -2.11. The fraction of sp³-hybridized carbons (Fsp3) is 0.200. The van der Waals surface area contributed by atoms with Gasteiger partial charge < -0.3 is 14.2 Å². The van der Waals surface area contributed by atoms with Crippen molar-refractivity contribution in [2.24, 2.45) is 0 Å². The number of nitro groups is 1. The molecule has 0 saturated carbocycles. The van der Waals surface area contributed by atoms with E-state index in [4.69, 9.17) is 37.4 Å². The molecule has 0 bridgehead atoms. The number of hydrogen-bond donors (Lipinski definition) is 0. The van der Waals surface area contributed by atoms with Gasteiger partial charge in [0.15, 0.2) is 11.6 Å². The number of epoxide rings is 1. The number of nitrogens with zero attached hydrogens (tertiary/aromatic N) is 1. The summed E-state index contributed by atoms with van der Waals surface area (Å²) < 4.78 is 29.7. The third-order valence-electron chi connectivity index (χ3n) is 3.14. The van der Waals surface area contributed by atoms with Crippen LogP contribution in [0.25, 0.3) is 0 Å².